The largest absolute Gasteiger partial charge is 0.354 e. The third-order valence-electron chi connectivity index (χ3n) is 6.43. The van der Waals surface area contributed by atoms with E-state index in [2.05, 4.69) is 30.4 Å². The van der Waals surface area contributed by atoms with Gasteiger partial charge in [0.1, 0.15) is 5.82 Å². The van der Waals surface area contributed by atoms with E-state index < -0.39 is 0 Å². The molecule has 1 fully saturated rings. The number of aromatic nitrogens is 5. The van der Waals surface area contributed by atoms with Crippen LogP contribution in [0, 0.1) is 12.8 Å². The first-order valence-corrected chi connectivity index (χ1v) is 12.8. The normalized spacial score (nSPS) is 15.8. The van der Waals surface area contributed by atoms with E-state index in [1.165, 1.54) is 0 Å². The number of benzene rings is 2. The summed E-state index contributed by atoms with van der Waals surface area (Å²) in [5.74, 6) is 2.21. The van der Waals surface area contributed by atoms with Gasteiger partial charge in [-0.05, 0) is 50.1 Å². The summed E-state index contributed by atoms with van der Waals surface area (Å²) in [7, 11) is 0. The Labute approximate surface area is 212 Å². The van der Waals surface area contributed by atoms with Gasteiger partial charge in [0.2, 0.25) is 5.91 Å². The molecule has 0 aliphatic carbocycles. The van der Waals surface area contributed by atoms with Gasteiger partial charge in [0, 0.05) is 36.7 Å². The smallest absolute Gasteiger partial charge is 0.229 e. The average Bonchev–Trinajstić information content (AvgIpc) is 3.55. The Morgan fingerprint density at radius 3 is 2.72 bits per heavy atom. The number of fused-ring (bicyclic) bond motifs is 1. The second-order valence-electron chi connectivity index (χ2n) is 8.93. The molecule has 0 saturated carbocycles. The summed E-state index contributed by atoms with van der Waals surface area (Å²) in [6, 6.07) is 19.8. The maximum atomic E-state index is 13.1. The quantitative estimate of drug-likeness (QED) is 0.365. The SMILES string of the molecule is Cc1nc2cc(NC(=O)C3CCCN(c4ccc(-n5ccnc5-c5ccccc5)nn4)C3)ccc2s1. The molecule has 4 heterocycles. The number of carbonyl (C=O) groups is 1. The minimum atomic E-state index is -0.119. The molecule has 3 aromatic heterocycles. The van der Waals surface area contributed by atoms with Crippen LogP contribution in [0.15, 0.2) is 73.1 Å². The zero-order valence-corrected chi connectivity index (χ0v) is 20.7. The summed E-state index contributed by atoms with van der Waals surface area (Å²) in [6.45, 7) is 3.45. The summed E-state index contributed by atoms with van der Waals surface area (Å²) in [4.78, 5) is 24.2. The van der Waals surface area contributed by atoms with E-state index in [0.717, 1.165) is 57.5 Å². The standard InChI is InChI=1S/C27H25N7OS/c1-18-29-22-16-21(9-10-23(22)36-18)30-27(35)20-8-5-14-33(17-20)24-11-12-25(32-31-24)34-15-13-28-26(34)19-6-3-2-4-7-19/h2-4,6-7,9-13,15-16,20H,5,8,14,17H2,1H3,(H,30,35). The molecular weight excluding hydrogens is 470 g/mol. The Hall–Kier alpha value is -4.11. The van der Waals surface area contributed by atoms with Gasteiger partial charge in [-0.2, -0.15) is 0 Å². The molecule has 1 aliphatic rings. The summed E-state index contributed by atoms with van der Waals surface area (Å²) in [6.07, 6.45) is 5.42. The number of anilines is 2. The third kappa shape index (κ3) is 4.45. The van der Waals surface area contributed by atoms with Gasteiger partial charge in [-0.15, -0.1) is 21.5 Å². The van der Waals surface area contributed by atoms with Crippen LogP contribution in [0.5, 0.6) is 0 Å². The first-order valence-electron chi connectivity index (χ1n) is 12.0. The number of nitrogens with zero attached hydrogens (tertiary/aromatic N) is 6. The Morgan fingerprint density at radius 2 is 1.89 bits per heavy atom. The molecule has 1 aliphatic heterocycles. The molecule has 1 saturated heterocycles. The molecule has 36 heavy (non-hydrogen) atoms. The second-order valence-corrected chi connectivity index (χ2v) is 10.2. The average molecular weight is 496 g/mol. The van der Waals surface area contributed by atoms with Crippen LogP contribution in [0.3, 0.4) is 0 Å². The zero-order valence-electron chi connectivity index (χ0n) is 19.8. The summed E-state index contributed by atoms with van der Waals surface area (Å²) < 4.78 is 3.06. The fourth-order valence-corrected chi connectivity index (χ4v) is 5.48. The Morgan fingerprint density at radius 1 is 1.06 bits per heavy atom. The topological polar surface area (TPSA) is 88.8 Å². The maximum absolute atomic E-state index is 13.1. The van der Waals surface area contributed by atoms with Crippen molar-refractivity contribution in [3.8, 4) is 17.2 Å². The van der Waals surface area contributed by atoms with Crippen molar-refractivity contribution in [2.24, 2.45) is 5.92 Å². The number of nitrogens with one attached hydrogen (secondary N) is 1. The van der Waals surface area contributed by atoms with Crippen LogP contribution >= 0.6 is 11.3 Å². The molecule has 6 rings (SSSR count). The molecule has 1 N–H and O–H groups in total. The van der Waals surface area contributed by atoms with E-state index in [0.29, 0.717) is 12.4 Å². The monoisotopic (exact) mass is 495 g/mol. The number of hydrogen-bond acceptors (Lipinski definition) is 7. The zero-order chi connectivity index (χ0) is 24.5. The molecule has 8 nitrogen and oxygen atoms in total. The highest BCUT2D eigenvalue weighted by atomic mass is 32.1. The van der Waals surface area contributed by atoms with Crippen LogP contribution in [0.1, 0.15) is 17.8 Å². The lowest BCUT2D eigenvalue weighted by Crippen LogP contribution is -2.41. The summed E-state index contributed by atoms with van der Waals surface area (Å²) >= 11 is 1.66. The van der Waals surface area contributed by atoms with Gasteiger partial charge >= 0.3 is 0 Å². The number of imidazole rings is 1. The first-order chi connectivity index (χ1) is 17.6. The first kappa shape index (κ1) is 22.4. The Balaban J connectivity index is 1.15. The number of carbonyl (C=O) groups excluding carboxylic acids is 1. The molecule has 1 amide bonds. The Kier molecular flexibility index (Phi) is 5.90. The van der Waals surface area contributed by atoms with E-state index in [-0.39, 0.29) is 11.8 Å². The second kappa shape index (κ2) is 9.50. The lowest BCUT2D eigenvalue weighted by atomic mass is 9.97. The van der Waals surface area contributed by atoms with Gasteiger partial charge in [-0.25, -0.2) is 9.97 Å². The van der Waals surface area contributed by atoms with Crippen molar-refractivity contribution in [2.75, 3.05) is 23.3 Å². The van der Waals surface area contributed by atoms with Crippen molar-refractivity contribution in [3.63, 3.8) is 0 Å². The predicted octanol–water partition coefficient (Wildman–Crippen LogP) is 5.10. The fourth-order valence-electron chi connectivity index (χ4n) is 4.67. The van der Waals surface area contributed by atoms with Gasteiger partial charge in [-0.3, -0.25) is 9.36 Å². The summed E-state index contributed by atoms with van der Waals surface area (Å²) in [5, 5.41) is 13.1. The van der Waals surface area contributed by atoms with E-state index in [1.54, 1.807) is 17.5 Å². The molecule has 0 spiro atoms. The van der Waals surface area contributed by atoms with Crippen molar-refractivity contribution < 1.29 is 4.79 Å². The van der Waals surface area contributed by atoms with Gasteiger partial charge in [-0.1, -0.05) is 30.3 Å². The van der Waals surface area contributed by atoms with Crippen molar-refractivity contribution in [2.45, 2.75) is 19.8 Å². The number of amides is 1. The molecule has 5 aromatic rings. The van der Waals surface area contributed by atoms with E-state index in [9.17, 15) is 4.79 Å². The van der Waals surface area contributed by atoms with Crippen LogP contribution in [0.2, 0.25) is 0 Å². The van der Waals surface area contributed by atoms with Crippen LogP contribution < -0.4 is 10.2 Å². The molecule has 180 valence electrons. The molecule has 0 radical (unpaired) electrons. The van der Waals surface area contributed by atoms with Crippen molar-refractivity contribution >= 4 is 39.0 Å². The number of rotatable bonds is 5. The van der Waals surface area contributed by atoms with Gasteiger partial charge in [0.25, 0.3) is 0 Å². The van der Waals surface area contributed by atoms with E-state index >= 15 is 0 Å². The van der Waals surface area contributed by atoms with Crippen LogP contribution in [0.4, 0.5) is 11.5 Å². The van der Waals surface area contributed by atoms with E-state index in [4.69, 9.17) is 0 Å². The van der Waals surface area contributed by atoms with Crippen LogP contribution in [0.25, 0.3) is 27.4 Å². The number of thiazole rings is 1. The van der Waals surface area contributed by atoms with Crippen molar-refractivity contribution in [1.29, 1.82) is 0 Å². The fraction of sp³-hybridized carbons (Fsp3) is 0.222. The van der Waals surface area contributed by atoms with Gasteiger partial charge in [0.05, 0.1) is 21.1 Å². The van der Waals surface area contributed by atoms with Crippen molar-refractivity contribution in [1.82, 2.24) is 24.7 Å². The molecule has 0 bridgehead atoms. The number of aryl methyl sites for hydroxylation is 1. The third-order valence-corrected chi connectivity index (χ3v) is 7.39. The van der Waals surface area contributed by atoms with Gasteiger partial charge < -0.3 is 10.2 Å². The highest BCUT2D eigenvalue weighted by molar-refractivity contribution is 7.18. The summed E-state index contributed by atoms with van der Waals surface area (Å²) in [5.41, 5.74) is 2.72. The highest BCUT2D eigenvalue weighted by Crippen LogP contribution is 2.27. The predicted molar refractivity (Wildman–Crippen MR) is 143 cm³/mol. The number of piperidine rings is 1. The molecular formula is C27H25N7OS. The minimum absolute atomic E-state index is 0.0292. The minimum Gasteiger partial charge on any atom is -0.354 e. The lowest BCUT2D eigenvalue weighted by molar-refractivity contribution is -0.120. The van der Waals surface area contributed by atoms with Crippen LogP contribution in [-0.4, -0.2) is 43.7 Å². The molecule has 1 atom stereocenters. The van der Waals surface area contributed by atoms with Crippen LogP contribution in [-0.2, 0) is 4.79 Å². The lowest BCUT2D eigenvalue weighted by Gasteiger charge is -2.32. The maximum Gasteiger partial charge on any atom is 0.229 e. The Bertz CT molecular complexity index is 1510. The molecule has 1 unspecified atom stereocenters. The molecule has 9 heteroatoms. The van der Waals surface area contributed by atoms with Crippen molar-refractivity contribution in [3.05, 3.63) is 78.1 Å². The number of hydrogen-bond donors (Lipinski definition) is 1. The van der Waals surface area contributed by atoms with Gasteiger partial charge in [0.15, 0.2) is 11.6 Å². The molecule has 2 aromatic carbocycles. The highest BCUT2D eigenvalue weighted by Gasteiger charge is 2.27. The van der Waals surface area contributed by atoms with E-state index in [1.807, 2.05) is 78.4 Å².